The van der Waals surface area contributed by atoms with E-state index in [4.69, 9.17) is 38.4 Å². The second kappa shape index (κ2) is 14.8. The number of carbonyl (C=O) groups excluding carboxylic acids is 2. The highest BCUT2D eigenvalue weighted by Crippen LogP contribution is 2.28. The Morgan fingerprint density at radius 1 is 1.12 bits per heavy atom. The van der Waals surface area contributed by atoms with Crippen molar-refractivity contribution in [2.45, 2.75) is 12.8 Å². The van der Waals surface area contributed by atoms with Crippen LogP contribution in [-0.4, -0.2) is 75.2 Å². The Morgan fingerprint density at radius 2 is 1.88 bits per heavy atom. The number of hydrazone groups is 1. The average Bonchev–Trinajstić information content (AvgIpc) is 3.42. The minimum absolute atomic E-state index is 0. The molecule has 186 valence electrons. The first-order valence-electron chi connectivity index (χ1n) is 10.2. The van der Waals surface area contributed by atoms with Gasteiger partial charge < -0.3 is 25.4 Å². The summed E-state index contributed by atoms with van der Waals surface area (Å²) in [4.78, 5) is 26.5. The van der Waals surface area contributed by atoms with Crippen LogP contribution in [0, 0.1) is 5.92 Å². The Kier molecular flexibility index (Phi) is 13.3. The van der Waals surface area contributed by atoms with Crippen LogP contribution >= 0.6 is 48.0 Å². The maximum Gasteiger partial charge on any atom is 0.248 e. The molecule has 2 aliphatic heterocycles. The summed E-state index contributed by atoms with van der Waals surface area (Å²) < 4.78 is 10.5. The van der Waals surface area contributed by atoms with Gasteiger partial charge in [-0.25, -0.2) is 0 Å². The zero-order chi connectivity index (χ0) is 22.2. The molecule has 1 saturated heterocycles. The van der Waals surface area contributed by atoms with Crippen molar-refractivity contribution in [3.05, 3.63) is 28.2 Å². The molecule has 1 fully saturated rings. The van der Waals surface area contributed by atoms with Crippen LogP contribution in [0.5, 0.6) is 0 Å². The molecular formula is C20H29Cl4N5O4. The summed E-state index contributed by atoms with van der Waals surface area (Å²) in [7, 11) is 0. The summed E-state index contributed by atoms with van der Waals surface area (Å²) in [5.74, 6) is 0.0829. The molecule has 33 heavy (non-hydrogen) atoms. The fraction of sp³-hybridized carbons (Fsp3) is 0.550. The molecule has 3 N–H and O–H groups in total. The SMILES string of the molecule is Cl.Cl.NCCOCCOCC(=O)N1CC[C@@H](C(=O)NC2=NN(c3ccc(Cl)c(Cl)c3)CC2)C1. The highest BCUT2D eigenvalue weighted by Gasteiger charge is 2.32. The lowest BCUT2D eigenvalue weighted by atomic mass is 10.1. The highest BCUT2D eigenvalue weighted by molar-refractivity contribution is 6.42. The van der Waals surface area contributed by atoms with Gasteiger partial charge in [-0.05, 0) is 24.6 Å². The first-order valence-corrected chi connectivity index (χ1v) is 11.0. The average molecular weight is 545 g/mol. The molecule has 9 nitrogen and oxygen atoms in total. The van der Waals surface area contributed by atoms with Crippen LogP contribution in [0.2, 0.25) is 10.0 Å². The predicted octanol–water partition coefficient (Wildman–Crippen LogP) is 2.32. The van der Waals surface area contributed by atoms with E-state index in [1.165, 1.54) is 0 Å². The molecule has 1 aromatic rings. The van der Waals surface area contributed by atoms with Crippen LogP contribution in [-0.2, 0) is 19.1 Å². The van der Waals surface area contributed by atoms with Gasteiger partial charge in [-0.15, -0.1) is 24.8 Å². The number of nitrogens with one attached hydrogen (secondary N) is 1. The van der Waals surface area contributed by atoms with E-state index in [2.05, 4.69) is 10.4 Å². The molecule has 1 atom stereocenters. The Labute approximate surface area is 215 Å². The third-order valence-electron chi connectivity index (χ3n) is 5.04. The van der Waals surface area contributed by atoms with E-state index in [1.807, 2.05) is 6.07 Å². The maximum atomic E-state index is 12.6. The quantitative estimate of drug-likeness (QED) is 0.462. The fourth-order valence-electron chi connectivity index (χ4n) is 3.38. The zero-order valence-electron chi connectivity index (χ0n) is 18.0. The largest absolute Gasteiger partial charge is 0.378 e. The summed E-state index contributed by atoms with van der Waals surface area (Å²) in [5.41, 5.74) is 6.14. The van der Waals surface area contributed by atoms with Crippen LogP contribution in [0.4, 0.5) is 5.69 Å². The van der Waals surface area contributed by atoms with Crippen LogP contribution in [0.3, 0.4) is 0 Å². The zero-order valence-corrected chi connectivity index (χ0v) is 21.1. The molecular weight excluding hydrogens is 516 g/mol. The predicted molar refractivity (Wildman–Crippen MR) is 134 cm³/mol. The summed E-state index contributed by atoms with van der Waals surface area (Å²) in [6.45, 7) is 3.18. The number of nitrogens with zero attached hydrogens (tertiary/aromatic N) is 3. The van der Waals surface area contributed by atoms with Crippen molar-refractivity contribution in [3.63, 3.8) is 0 Å². The molecule has 0 aromatic heterocycles. The molecule has 1 aromatic carbocycles. The number of benzene rings is 1. The smallest absolute Gasteiger partial charge is 0.248 e. The number of amides is 2. The molecule has 0 saturated carbocycles. The van der Waals surface area contributed by atoms with Gasteiger partial charge in [0.15, 0.2) is 0 Å². The number of hydrogen-bond donors (Lipinski definition) is 2. The first kappa shape index (κ1) is 29.7. The number of halogens is 4. The molecule has 2 heterocycles. The fourth-order valence-corrected chi connectivity index (χ4v) is 3.67. The van der Waals surface area contributed by atoms with Crippen LogP contribution in [0.1, 0.15) is 12.8 Å². The number of ether oxygens (including phenoxy) is 2. The van der Waals surface area contributed by atoms with Crippen molar-refractivity contribution in [2.75, 3.05) is 57.6 Å². The van der Waals surface area contributed by atoms with Gasteiger partial charge in [0.25, 0.3) is 0 Å². The molecule has 0 radical (unpaired) electrons. The van der Waals surface area contributed by atoms with E-state index in [1.54, 1.807) is 22.0 Å². The van der Waals surface area contributed by atoms with E-state index >= 15 is 0 Å². The Hall–Kier alpha value is -1.33. The maximum absolute atomic E-state index is 12.6. The Morgan fingerprint density at radius 3 is 2.61 bits per heavy atom. The van der Waals surface area contributed by atoms with E-state index in [9.17, 15) is 9.59 Å². The van der Waals surface area contributed by atoms with Gasteiger partial charge in [0.2, 0.25) is 11.8 Å². The number of hydrogen-bond acceptors (Lipinski definition) is 7. The topological polar surface area (TPSA) is 109 Å². The van der Waals surface area contributed by atoms with Gasteiger partial charge in [-0.2, -0.15) is 5.10 Å². The minimum Gasteiger partial charge on any atom is -0.378 e. The normalized spacial score (nSPS) is 17.3. The molecule has 2 aliphatic rings. The lowest BCUT2D eigenvalue weighted by Crippen LogP contribution is -2.38. The van der Waals surface area contributed by atoms with E-state index in [-0.39, 0.29) is 49.2 Å². The van der Waals surface area contributed by atoms with Crippen molar-refractivity contribution in [3.8, 4) is 0 Å². The number of rotatable bonds is 9. The van der Waals surface area contributed by atoms with E-state index in [0.717, 1.165) is 5.69 Å². The van der Waals surface area contributed by atoms with Gasteiger partial charge in [-0.1, -0.05) is 23.2 Å². The van der Waals surface area contributed by atoms with Crippen molar-refractivity contribution in [2.24, 2.45) is 16.8 Å². The third-order valence-corrected chi connectivity index (χ3v) is 5.78. The second-order valence-electron chi connectivity index (χ2n) is 7.29. The number of amidine groups is 1. The number of likely N-dealkylation sites (tertiary alicyclic amines) is 1. The minimum atomic E-state index is -0.265. The first-order chi connectivity index (χ1) is 15.0. The molecule has 0 bridgehead atoms. The Balaban J connectivity index is 0.00000272. The standard InChI is InChI=1S/C20H27Cl2N5O4.2ClH/c21-16-2-1-15(11-17(16)22)27-7-4-18(25-27)24-20(29)14-3-6-26(12-14)19(28)13-31-10-9-30-8-5-23;;/h1-2,11,14H,3-10,12-13,23H2,(H,24,25,29);2*1H/t14-;;/m1../s1. The second-order valence-corrected chi connectivity index (χ2v) is 8.10. The number of carbonyl (C=O) groups is 2. The van der Waals surface area contributed by atoms with Crippen molar-refractivity contribution >= 4 is 71.4 Å². The monoisotopic (exact) mass is 543 g/mol. The van der Waals surface area contributed by atoms with Gasteiger partial charge in [-0.3, -0.25) is 14.6 Å². The molecule has 13 heteroatoms. The highest BCUT2D eigenvalue weighted by atomic mass is 35.5. The lowest BCUT2D eigenvalue weighted by molar-refractivity contribution is -0.135. The van der Waals surface area contributed by atoms with E-state index < -0.39 is 0 Å². The molecule has 3 rings (SSSR count). The molecule has 2 amide bonds. The van der Waals surface area contributed by atoms with Crippen molar-refractivity contribution < 1.29 is 19.1 Å². The summed E-state index contributed by atoms with van der Waals surface area (Å²) in [6, 6.07) is 5.28. The number of nitrogens with two attached hydrogens (primary N) is 1. The third kappa shape index (κ3) is 8.75. The van der Waals surface area contributed by atoms with Crippen LogP contribution in [0.15, 0.2) is 23.3 Å². The Bertz CT molecular complexity index is 830. The number of anilines is 1. The van der Waals surface area contributed by atoms with Crippen molar-refractivity contribution in [1.29, 1.82) is 0 Å². The van der Waals surface area contributed by atoms with Gasteiger partial charge in [0.05, 0.1) is 41.5 Å². The summed E-state index contributed by atoms with van der Waals surface area (Å²) in [6.07, 6.45) is 1.22. The molecule has 0 aliphatic carbocycles. The van der Waals surface area contributed by atoms with E-state index in [0.29, 0.717) is 74.7 Å². The molecule has 0 spiro atoms. The van der Waals surface area contributed by atoms with Crippen LogP contribution < -0.4 is 16.1 Å². The molecule has 0 unspecified atom stereocenters. The summed E-state index contributed by atoms with van der Waals surface area (Å²) in [5, 5.41) is 10.1. The van der Waals surface area contributed by atoms with Gasteiger partial charge in [0.1, 0.15) is 12.4 Å². The van der Waals surface area contributed by atoms with Gasteiger partial charge in [0, 0.05) is 32.6 Å². The summed E-state index contributed by atoms with van der Waals surface area (Å²) >= 11 is 12.0. The van der Waals surface area contributed by atoms with Gasteiger partial charge >= 0.3 is 0 Å². The lowest BCUT2D eigenvalue weighted by Gasteiger charge is -2.16. The van der Waals surface area contributed by atoms with Crippen molar-refractivity contribution in [1.82, 2.24) is 10.2 Å². The van der Waals surface area contributed by atoms with Crippen LogP contribution in [0.25, 0.3) is 0 Å².